The molecule has 2 N–H and O–H groups in total. The third kappa shape index (κ3) is 2.97. The van der Waals surface area contributed by atoms with Crippen molar-refractivity contribution >= 4 is 15.7 Å². The van der Waals surface area contributed by atoms with Crippen molar-refractivity contribution in [2.24, 2.45) is 0 Å². The Bertz CT molecular complexity index is 552. The Labute approximate surface area is 120 Å². The smallest absolute Gasteiger partial charge is 0.243 e. The Morgan fingerprint density at radius 3 is 2.85 bits per heavy atom. The van der Waals surface area contributed by atoms with Crippen LogP contribution in [-0.4, -0.2) is 44.1 Å². The molecule has 0 aliphatic carbocycles. The van der Waals surface area contributed by atoms with Gasteiger partial charge in [-0.15, -0.1) is 0 Å². The average molecular weight is 298 g/mol. The maximum atomic E-state index is 12.8. The zero-order chi connectivity index (χ0) is 14.6. The number of nitrogens with one attached hydrogen (secondary N) is 1. The monoisotopic (exact) mass is 298 g/mol. The number of fused-ring (bicyclic) bond motifs is 1. The molecule has 5 nitrogen and oxygen atoms in total. The van der Waals surface area contributed by atoms with Crippen molar-refractivity contribution in [3.8, 4) is 0 Å². The van der Waals surface area contributed by atoms with Crippen molar-refractivity contribution < 1.29 is 13.5 Å². The first kappa shape index (κ1) is 15.3. The molecule has 0 bridgehead atoms. The number of nitrogens with zero attached hydrogens (tertiary/aromatic N) is 1. The van der Waals surface area contributed by atoms with Crippen LogP contribution in [0.25, 0.3) is 0 Å². The van der Waals surface area contributed by atoms with Crippen LogP contribution in [0.2, 0.25) is 0 Å². The number of benzene rings is 1. The molecule has 0 saturated carbocycles. The van der Waals surface area contributed by atoms with Gasteiger partial charge in [0.15, 0.2) is 0 Å². The molecule has 0 fully saturated rings. The van der Waals surface area contributed by atoms with Crippen LogP contribution in [0.5, 0.6) is 0 Å². The molecule has 0 atom stereocenters. The van der Waals surface area contributed by atoms with E-state index >= 15 is 0 Å². The Balaban J connectivity index is 2.42. The van der Waals surface area contributed by atoms with Gasteiger partial charge in [0.1, 0.15) is 0 Å². The molecule has 1 aromatic rings. The zero-order valence-electron chi connectivity index (χ0n) is 11.8. The van der Waals surface area contributed by atoms with E-state index in [4.69, 9.17) is 5.11 Å². The van der Waals surface area contributed by atoms with Gasteiger partial charge in [0.25, 0.3) is 0 Å². The summed E-state index contributed by atoms with van der Waals surface area (Å²) in [6, 6.07) is 5.36. The van der Waals surface area contributed by atoms with E-state index < -0.39 is 10.0 Å². The fourth-order valence-electron chi connectivity index (χ4n) is 2.57. The van der Waals surface area contributed by atoms with E-state index in [1.165, 1.54) is 4.31 Å². The van der Waals surface area contributed by atoms with Crippen LogP contribution in [0.3, 0.4) is 0 Å². The molecule has 0 aromatic heterocycles. The van der Waals surface area contributed by atoms with Crippen LogP contribution in [0.15, 0.2) is 23.1 Å². The van der Waals surface area contributed by atoms with E-state index in [1.807, 2.05) is 13.0 Å². The molecule has 1 aliphatic rings. The molecule has 0 unspecified atom stereocenters. The first-order valence-electron chi connectivity index (χ1n) is 7.08. The van der Waals surface area contributed by atoms with Gasteiger partial charge in [-0.05, 0) is 37.0 Å². The van der Waals surface area contributed by atoms with Crippen molar-refractivity contribution in [2.45, 2.75) is 31.1 Å². The number of sulfonamides is 1. The minimum absolute atomic E-state index is 0.146. The van der Waals surface area contributed by atoms with Gasteiger partial charge in [0.2, 0.25) is 10.0 Å². The van der Waals surface area contributed by atoms with Crippen molar-refractivity contribution in [3.63, 3.8) is 0 Å². The minimum Gasteiger partial charge on any atom is -0.395 e. The third-order valence-electron chi connectivity index (χ3n) is 3.49. The van der Waals surface area contributed by atoms with E-state index in [-0.39, 0.29) is 13.2 Å². The van der Waals surface area contributed by atoms with Gasteiger partial charge in [-0.1, -0.05) is 13.0 Å². The Morgan fingerprint density at radius 1 is 1.35 bits per heavy atom. The van der Waals surface area contributed by atoms with Crippen LogP contribution in [0.1, 0.15) is 25.3 Å². The van der Waals surface area contributed by atoms with Gasteiger partial charge < -0.3 is 10.4 Å². The standard InChI is InChI=1S/C14H22N2O3S/c1-2-9-16(10-11-17)20(18,19)14-7-3-6-13-12(14)5-4-8-15-13/h3,6-7,15,17H,2,4-5,8-11H2,1H3. The zero-order valence-corrected chi connectivity index (χ0v) is 12.6. The van der Waals surface area contributed by atoms with Gasteiger partial charge in [-0.3, -0.25) is 0 Å². The van der Waals surface area contributed by atoms with E-state index in [1.54, 1.807) is 12.1 Å². The summed E-state index contributed by atoms with van der Waals surface area (Å²) in [5, 5.41) is 12.3. The van der Waals surface area contributed by atoms with Crippen molar-refractivity contribution in [2.75, 3.05) is 31.6 Å². The number of aliphatic hydroxyl groups is 1. The van der Waals surface area contributed by atoms with E-state index in [0.29, 0.717) is 11.4 Å². The third-order valence-corrected chi connectivity index (χ3v) is 5.48. The summed E-state index contributed by atoms with van der Waals surface area (Å²) in [4.78, 5) is 0.379. The summed E-state index contributed by atoms with van der Waals surface area (Å²) in [5.74, 6) is 0. The summed E-state index contributed by atoms with van der Waals surface area (Å²) in [6.07, 6.45) is 2.44. The predicted octanol–water partition coefficient (Wildman–Crippen LogP) is 1.44. The van der Waals surface area contributed by atoms with E-state index in [0.717, 1.165) is 37.1 Å². The first-order chi connectivity index (χ1) is 9.61. The first-order valence-corrected chi connectivity index (χ1v) is 8.52. The second-order valence-electron chi connectivity index (χ2n) is 4.94. The average Bonchev–Trinajstić information content (AvgIpc) is 2.46. The topological polar surface area (TPSA) is 69.6 Å². The van der Waals surface area contributed by atoms with Crippen molar-refractivity contribution in [3.05, 3.63) is 23.8 Å². The molecule has 0 spiro atoms. The Hall–Kier alpha value is -1.11. The lowest BCUT2D eigenvalue weighted by molar-refractivity contribution is 0.253. The fourth-order valence-corrected chi connectivity index (χ4v) is 4.37. The van der Waals surface area contributed by atoms with E-state index in [9.17, 15) is 8.42 Å². The molecule has 0 amide bonds. The molecule has 1 aromatic carbocycles. The van der Waals surface area contributed by atoms with Crippen LogP contribution in [0, 0.1) is 0 Å². The summed E-state index contributed by atoms with van der Waals surface area (Å²) in [7, 11) is -3.53. The molecule has 1 heterocycles. The molecule has 0 radical (unpaired) electrons. The summed E-state index contributed by atoms with van der Waals surface area (Å²) < 4.78 is 26.9. The molecule has 0 saturated heterocycles. The molecule has 112 valence electrons. The molecular formula is C14H22N2O3S. The number of rotatable bonds is 6. The highest BCUT2D eigenvalue weighted by Crippen LogP contribution is 2.30. The predicted molar refractivity (Wildman–Crippen MR) is 79.4 cm³/mol. The second-order valence-corrected chi connectivity index (χ2v) is 6.85. The maximum Gasteiger partial charge on any atom is 0.243 e. The number of hydrogen-bond acceptors (Lipinski definition) is 4. The van der Waals surface area contributed by atoms with Crippen LogP contribution in [-0.2, 0) is 16.4 Å². The SMILES string of the molecule is CCCN(CCO)S(=O)(=O)c1cccc2c1CCCN2. The number of aliphatic hydroxyl groups excluding tert-OH is 1. The summed E-state index contributed by atoms with van der Waals surface area (Å²) in [5.41, 5.74) is 1.79. The van der Waals surface area contributed by atoms with Gasteiger partial charge in [-0.2, -0.15) is 4.31 Å². The summed E-state index contributed by atoms with van der Waals surface area (Å²) >= 11 is 0. The molecule has 20 heavy (non-hydrogen) atoms. The Kier molecular flexibility index (Phi) is 5.01. The highest BCUT2D eigenvalue weighted by Gasteiger charge is 2.27. The maximum absolute atomic E-state index is 12.8. The number of hydrogen-bond donors (Lipinski definition) is 2. The second kappa shape index (κ2) is 6.56. The Morgan fingerprint density at radius 2 is 2.15 bits per heavy atom. The fraction of sp³-hybridized carbons (Fsp3) is 0.571. The summed E-state index contributed by atoms with van der Waals surface area (Å²) in [6.45, 7) is 3.23. The van der Waals surface area contributed by atoms with Gasteiger partial charge in [0.05, 0.1) is 11.5 Å². The quantitative estimate of drug-likeness (QED) is 0.834. The van der Waals surface area contributed by atoms with Gasteiger partial charge in [0, 0.05) is 25.3 Å². The van der Waals surface area contributed by atoms with Crippen LogP contribution in [0.4, 0.5) is 5.69 Å². The van der Waals surface area contributed by atoms with Crippen LogP contribution >= 0.6 is 0 Å². The van der Waals surface area contributed by atoms with Crippen molar-refractivity contribution in [1.29, 1.82) is 0 Å². The lowest BCUT2D eigenvalue weighted by atomic mass is 10.0. The number of anilines is 1. The van der Waals surface area contributed by atoms with Gasteiger partial charge >= 0.3 is 0 Å². The molecule has 1 aliphatic heterocycles. The van der Waals surface area contributed by atoms with E-state index in [2.05, 4.69) is 5.32 Å². The molecule has 6 heteroatoms. The lowest BCUT2D eigenvalue weighted by Gasteiger charge is -2.25. The minimum atomic E-state index is -3.53. The highest BCUT2D eigenvalue weighted by atomic mass is 32.2. The normalized spacial score (nSPS) is 14.9. The molecular weight excluding hydrogens is 276 g/mol. The van der Waals surface area contributed by atoms with Gasteiger partial charge in [-0.25, -0.2) is 8.42 Å². The van der Waals surface area contributed by atoms with Crippen LogP contribution < -0.4 is 5.32 Å². The van der Waals surface area contributed by atoms with Crippen molar-refractivity contribution in [1.82, 2.24) is 4.31 Å². The largest absolute Gasteiger partial charge is 0.395 e. The lowest BCUT2D eigenvalue weighted by Crippen LogP contribution is -2.35. The highest BCUT2D eigenvalue weighted by molar-refractivity contribution is 7.89. The molecule has 2 rings (SSSR count).